The number of urea groups is 1. The third kappa shape index (κ3) is 6.63. The van der Waals surface area contributed by atoms with Gasteiger partial charge in [-0.2, -0.15) is 5.26 Å². The van der Waals surface area contributed by atoms with Crippen molar-refractivity contribution in [3.05, 3.63) is 28.8 Å². The van der Waals surface area contributed by atoms with Gasteiger partial charge in [0.1, 0.15) is 0 Å². The second-order valence-corrected chi connectivity index (χ2v) is 4.80. The fraction of sp³-hybridized carbons (Fsp3) is 0.357. The highest BCUT2D eigenvalue weighted by Gasteiger charge is 2.06. The van der Waals surface area contributed by atoms with Gasteiger partial charge in [-0.3, -0.25) is 4.79 Å². The second-order valence-electron chi connectivity index (χ2n) is 4.39. The lowest BCUT2D eigenvalue weighted by Gasteiger charge is -2.09. The fourth-order valence-electron chi connectivity index (χ4n) is 1.64. The molecule has 0 radical (unpaired) electrons. The Labute approximate surface area is 127 Å². The summed E-state index contributed by atoms with van der Waals surface area (Å²) >= 11 is 5.92. The Hall–Kier alpha value is -2.26. The summed E-state index contributed by atoms with van der Waals surface area (Å²) in [5, 5.41) is 22.8. The number of benzene rings is 1. The molecular weight excluding hydrogens is 294 g/mol. The number of carboxylic acids is 1. The summed E-state index contributed by atoms with van der Waals surface area (Å²) in [6.07, 6.45) is 2.17. The zero-order valence-electron chi connectivity index (χ0n) is 11.4. The molecule has 7 heteroatoms. The van der Waals surface area contributed by atoms with Crippen molar-refractivity contribution in [1.29, 1.82) is 5.26 Å². The van der Waals surface area contributed by atoms with Gasteiger partial charge in [-0.05, 0) is 31.0 Å². The van der Waals surface area contributed by atoms with Crippen molar-refractivity contribution in [1.82, 2.24) is 5.32 Å². The monoisotopic (exact) mass is 309 g/mol. The molecule has 0 spiro atoms. The number of amides is 2. The molecule has 0 fully saturated rings. The van der Waals surface area contributed by atoms with Gasteiger partial charge in [0, 0.05) is 13.0 Å². The number of nitriles is 1. The molecule has 0 atom stereocenters. The highest BCUT2D eigenvalue weighted by molar-refractivity contribution is 6.33. The summed E-state index contributed by atoms with van der Waals surface area (Å²) in [6.45, 7) is 0.445. The number of anilines is 1. The number of carboxylic acid groups (broad SMARTS) is 1. The van der Waals surface area contributed by atoms with E-state index in [1.54, 1.807) is 12.1 Å². The summed E-state index contributed by atoms with van der Waals surface area (Å²) in [6, 6.07) is 6.15. The van der Waals surface area contributed by atoms with Crippen molar-refractivity contribution >= 4 is 29.3 Å². The molecule has 0 heterocycles. The molecule has 112 valence electrons. The van der Waals surface area contributed by atoms with Crippen LogP contribution < -0.4 is 10.6 Å². The predicted octanol–water partition coefficient (Wildman–Crippen LogP) is 2.98. The third-order valence-corrected chi connectivity index (χ3v) is 3.03. The number of aliphatic carboxylic acids is 1. The molecule has 3 N–H and O–H groups in total. The molecule has 0 aliphatic carbocycles. The molecule has 0 unspecified atom stereocenters. The standard InChI is InChI=1S/C14H16ClN3O3/c15-11-6-5-10(9-16)8-12(11)18-14(21)17-7-3-1-2-4-13(19)20/h5-6,8H,1-4,7H2,(H,19,20)(H2,17,18,21). The summed E-state index contributed by atoms with van der Waals surface area (Å²) in [5.41, 5.74) is 0.780. The number of nitrogens with zero attached hydrogens (tertiary/aromatic N) is 1. The van der Waals surface area contributed by atoms with Gasteiger partial charge >= 0.3 is 12.0 Å². The predicted molar refractivity (Wildman–Crippen MR) is 79.3 cm³/mol. The molecular formula is C14H16ClN3O3. The van der Waals surface area contributed by atoms with Gasteiger partial charge in [-0.15, -0.1) is 0 Å². The molecule has 1 aromatic carbocycles. The van der Waals surface area contributed by atoms with Crippen LogP contribution in [0.1, 0.15) is 31.2 Å². The van der Waals surface area contributed by atoms with Crippen molar-refractivity contribution in [3.63, 3.8) is 0 Å². The van der Waals surface area contributed by atoms with Gasteiger partial charge in [0.2, 0.25) is 0 Å². The first-order valence-electron chi connectivity index (χ1n) is 6.49. The van der Waals surface area contributed by atoms with Crippen LogP contribution in [0.4, 0.5) is 10.5 Å². The van der Waals surface area contributed by atoms with Gasteiger partial charge < -0.3 is 15.7 Å². The van der Waals surface area contributed by atoms with E-state index in [0.717, 1.165) is 6.42 Å². The smallest absolute Gasteiger partial charge is 0.319 e. The van der Waals surface area contributed by atoms with E-state index in [1.807, 2.05) is 6.07 Å². The number of carbonyl (C=O) groups is 2. The summed E-state index contributed by atoms with van der Waals surface area (Å²) < 4.78 is 0. The SMILES string of the molecule is N#Cc1ccc(Cl)c(NC(=O)NCCCCCC(=O)O)c1. The van der Waals surface area contributed by atoms with Crippen LogP contribution in [-0.2, 0) is 4.79 Å². The molecule has 21 heavy (non-hydrogen) atoms. The lowest BCUT2D eigenvalue weighted by atomic mass is 10.2. The normalized spacial score (nSPS) is 9.71. The van der Waals surface area contributed by atoms with Crippen LogP contribution in [0, 0.1) is 11.3 Å². The highest BCUT2D eigenvalue weighted by atomic mass is 35.5. The maximum Gasteiger partial charge on any atom is 0.319 e. The van der Waals surface area contributed by atoms with Crippen LogP contribution in [0.2, 0.25) is 5.02 Å². The van der Waals surface area contributed by atoms with Crippen LogP contribution in [0.15, 0.2) is 18.2 Å². The molecule has 0 saturated heterocycles. The van der Waals surface area contributed by atoms with Gasteiger partial charge in [-0.1, -0.05) is 18.0 Å². The minimum absolute atomic E-state index is 0.142. The van der Waals surface area contributed by atoms with Crippen molar-refractivity contribution in [3.8, 4) is 6.07 Å². The van der Waals surface area contributed by atoms with Gasteiger partial charge in [0.25, 0.3) is 0 Å². The van der Waals surface area contributed by atoms with Crippen molar-refractivity contribution in [2.45, 2.75) is 25.7 Å². The maximum absolute atomic E-state index is 11.6. The molecule has 6 nitrogen and oxygen atoms in total. The Kier molecular flexibility index (Phi) is 7.05. The number of halogens is 1. The fourth-order valence-corrected chi connectivity index (χ4v) is 1.80. The van der Waals surface area contributed by atoms with E-state index in [2.05, 4.69) is 10.6 Å². The summed E-state index contributed by atoms with van der Waals surface area (Å²) in [7, 11) is 0. The van der Waals surface area contributed by atoms with Crippen molar-refractivity contribution in [2.24, 2.45) is 0 Å². The van der Waals surface area contributed by atoms with Crippen LogP contribution in [0.25, 0.3) is 0 Å². The molecule has 0 bridgehead atoms. The largest absolute Gasteiger partial charge is 0.481 e. The van der Waals surface area contributed by atoms with Gasteiger partial charge in [0.15, 0.2) is 0 Å². The van der Waals surface area contributed by atoms with E-state index in [4.69, 9.17) is 22.0 Å². The van der Waals surface area contributed by atoms with Crippen LogP contribution in [0.5, 0.6) is 0 Å². The first-order chi connectivity index (χ1) is 10.0. The molecule has 1 rings (SSSR count). The zero-order chi connectivity index (χ0) is 15.7. The molecule has 0 aliphatic heterocycles. The molecule has 2 amide bonds. The Balaban J connectivity index is 2.31. The number of unbranched alkanes of at least 4 members (excludes halogenated alkanes) is 2. The number of hydrogen-bond donors (Lipinski definition) is 3. The Morgan fingerprint density at radius 2 is 2.05 bits per heavy atom. The summed E-state index contributed by atoms with van der Waals surface area (Å²) in [5.74, 6) is -0.812. The van der Waals surface area contributed by atoms with E-state index in [9.17, 15) is 9.59 Å². The van der Waals surface area contributed by atoms with Crippen LogP contribution >= 0.6 is 11.6 Å². The van der Waals surface area contributed by atoms with Crippen LogP contribution in [-0.4, -0.2) is 23.7 Å². The first-order valence-corrected chi connectivity index (χ1v) is 6.87. The van der Waals surface area contributed by atoms with Crippen molar-refractivity contribution < 1.29 is 14.7 Å². The Morgan fingerprint density at radius 1 is 1.29 bits per heavy atom. The zero-order valence-corrected chi connectivity index (χ0v) is 12.1. The first kappa shape index (κ1) is 16.8. The lowest BCUT2D eigenvalue weighted by molar-refractivity contribution is -0.137. The quantitative estimate of drug-likeness (QED) is 0.674. The second kappa shape index (κ2) is 8.82. The minimum atomic E-state index is -0.812. The maximum atomic E-state index is 11.6. The molecule has 0 aromatic heterocycles. The average Bonchev–Trinajstić information content (AvgIpc) is 2.44. The van der Waals surface area contributed by atoms with E-state index >= 15 is 0 Å². The third-order valence-electron chi connectivity index (χ3n) is 2.70. The van der Waals surface area contributed by atoms with E-state index in [1.165, 1.54) is 6.07 Å². The number of hydrogen-bond acceptors (Lipinski definition) is 3. The van der Waals surface area contributed by atoms with Crippen molar-refractivity contribution in [2.75, 3.05) is 11.9 Å². The van der Waals surface area contributed by atoms with Crippen LogP contribution in [0.3, 0.4) is 0 Å². The molecule has 0 saturated carbocycles. The number of carbonyl (C=O) groups excluding carboxylic acids is 1. The van der Waals surface area contributed by atoms with E-state index in [0.29, 0.717) is 35.7 Å². The topological polar surface area (TPSA) is 102 Å². The summed E-state index contributed by atoms with van der Waals surface area (Å²) in [4.78, 5) is 22.0. The number of rotatable bonds is 7. The van der Waals surface area contributed by atoms with E-state index < -0.39 is 12.0 Å². The lowest BCUT2D eigenvalue weighted by Crippen LogP contribution is -2.29. The highest BCUT2D eigenvalue weighted by Crippen LogP contribution is 2.22. The number of nitrogens with one attached hydrogen (secondary N) is 2. The molecule has 0 aliphatic rings. The van der Waals surface area contributed by atoms with Gasteiger partial charge in [0.05, 0.1) is 22.3 Å². The average molecular weight is 310 g/mol. The Morgan fingerprint density at radius 3 is 2.71 bits per heavy atom. The molecule has 1 aromatic rings. The van der Waals surface area contributed by atoms with E-state index in [-0.39, 0.29) is 6.42 Å². The Bertz CT molecular complexity index is 555. The van der Waals surface area contributed by atoms with Gasteiger partial charge in [-0.25, -0.2) is 4.79 Å². The minimum Gasteiger partial charge on any atom is -0.481 e.